The van der Waals surface area contributed by atoms with E-state index in [1.165, 1.54) is 0 Å². The molecule has 26 heavy (non-hydrogen) atoms. The molecule has 126 valence electrons. The fourth-order valence-corrected chi connectivity index (χ4v) is 2.84. The van der Waals surface area contributed by atoms with E-state index in [0.717, 1.165) is 22.5 Å². The Morgan fingerprint density at radius 3 is 2.23 bits per heavy atom. The number of allylic oxidation sites excluding steroid dienone is 3. The number of hydrogen-bond donors (Lipinski definition) is 1. The Morgan fingerprint density at radius 2 is 1.58 bits per heavy atom. The minimum Gasteiger partial charge on any atom is -0.361 e. The third-order valence-corrected chi connectivity index (χ3v) is 4.14. The molecule has 0 fully saturated rings. The largest absolute Gasteiger partial charge is 0.361 e. The molecule has 0 aliphatic heterocycles. The van der Waals surface area contributed by atoms with Crippen LogP contribution in [0.4, 0.5) is 11.4 Å². The van der Waals surface area contributed by atoms with E-state index in [1.807, 2.05) is 72.9 Å². The zero-order valence-electron chi connectivity index (χ0n) is 14.3. The van der Waals surface area contributed by atoms with Gasteiger partial charge < -0.3 is 5.32 Å². The molecule has 0 saturated carbocycles. The maximum Gasteiger partial charge on any atom is 0.151 e. The molecule has 0 radical (unpaired) electrons. The van der Waals surface area contributed by atoms with Crippen LogP contribution < -0.4 is 5.32 Å². The molecule has 4 nitrogen and oxygen atoms in total. The first-order valence-electron chi connectivity index (χ1n) is 8.36. The Bertz CT molecular complexity index is 912. The second-order valence-electron chi connectivity index (χ2n) is 6.20. The molecule has 3 rings (SSSR count). The first kappa shape index (κ1) is 17.2. The van der Waals surface area contributed by atoms with Crippen molar-refractivity contribution in [2.45, 2.75) is 12.8 Å². The van der Waals surface area contributed by atoms with Crippen LogP contribution in [0.25, 0.3) is 0 Å². The van der Waals surface area contributed by atoms with E-state index in [1.54, 1.807) is 6.21 Å². The number of aliphatic imine (C=N–C) groups is 1. The van der Waals surface area contributed by atoms with Crippen LogP contribution in [0.15, 0.2) is 89.1 Å². The van der Waals surface area contributed by atoms with Gasteiger partial charge in [-0.2, -0.15) is 10.5 Å². The molecule has 0 atom stereocenters. The lowest BCUT2D eigenvalue weighted by Gasteiger charge is -2.24. The van der Waals surface area contributed by atoms with Crippen LogP contribution in [-0.2, 0) is 0 Å². The van der Waals surface area contributed by atoms with Crippen LogP contribution in [-0.4, -0.2) is 6.21 Å². The molecule has 0 unspecified atom stereocenters. The van der Waals surface area contributed by atoms with Gasteiger partial charge >= 0.3 is 0 Å². The van der Waals surface area contributed by atoms with Crippen molar-refractivity contribution in [1.82, 2.24) is 0 Å². The lowest BCUT2D eigenvalue weighted by molar-refractivity contribution is 0.509. The van der Waals surface area contributed by atoms with Gasteiger partial charge in [0.05, 0.1) is 17.8 Å². The maximum atomic E-state index is 9.56. The lowest BCUT2D eigenvalue weighted by Crippen LogP contribution is -2.22. The molecule has 4 heteroatoms. The molecule has 0 amide bonds. The summed E-state index contributed by atoms with van der Waals surface area (Å²) >= 11 is 0. The number of nitriles is 2. The van der Waals surface area contributed by atoms with Crippen molar-refractivity contribution >= 4 is 17.6 Å². The minimum atomic E-state index is -1.06. The summed E-state index contributed by atoms with van der Waals surface area (Å²) in [6.45, 7) is 0. The molecule has 2 aromatic carbocycles. The first-order chi connectivity index (χ1) is 12.7. The molecule has 1 aliphatic rings. The van der Waals surface area contributed by atoms with Gasteiger partial charge in [-0.25, -0.2) is 0 Å². The summed E-state index contributed by atoms with van der Waals surface area (Å²) in [5.74, 6) is 0. The SMILES string of the molecule is N#CC1(C#N)CC(C=Nc2ccccc2)=C/C(=C/Nc2ccccc2)C1. The quantitative estimate of drug-likeness (QED) is 0.785. The topological polar surface area (TPSA) is 72.0 Å². The normalized spacial score (nSPS) is 17.3. The molecule has 2 aromatic rings. The molecular formula is C22H18N4. The summed E-state index contributed by atoms with van der Waals surface area (Å²) in [4.78, 5) is 4.46. The summed E-state index contributed by atoms with van der Waals surface area (Å²) in [5.41, 5.74) is 2.50. The van der Waals surface area contributed by atoms with Crippen LogP contribution in [0.2, 0.25) is 0 Å². The van der Waals surface area contributed by atoms with Crippen LogP contribution in [0.3, 0.4) is 0 Å². The van der Waals surface area contributed by atoms with Crippen molar-refractivity contribution in [3.05, 3.63) is 84.1 Å². The first-order valence-corrected chi connectivity index (χ1v) is 8.36. The Hall–Kier alpha value is -3.63. The van der Waals surface area contributed by atoms with Gasteiger partial charge in [-0.05, 0) is 35.4 Å². The van der Waals surface area contributed by atoms with Crippen molar-refractivity contribution < 1.29 is 0 Å². The third kappa shape index (κ3) is 4.26. The van der Waals surface area contributed by atoms with Crippen LogP contribution >= 0.6 is 0 Å². The second kappa shape index (κ2) is 7.96. The van der Waals surface area contributed by atoms with E-state index in [0.29, 0.717) is 12.8 Å². The summed E-state index contributed by atoms with van der Waals surface area (Å²) in [6.07, 6.45) is 6.36. The molecule has 1 aliphatic carbocycles. The molecule has 1 N–H and O–H groups in total. The second-order valence-corrected chi connectivity index (χ2v) is 6.20. The Morgan fingerprint density at radius 1 is 0.923 bits per heavy atom. The summed E-state index contributed by atoms with van der Waals surface area (Å²) in [5, 5.41) is 22.3. The predicted molar refractivity (Wildman–Crippen MR) is 104 cm³/mol. The Labute approximate surface area is 153 Å². The number of hydrogen-bond acceptors (Lipinski definition) is 4. The molecule has 0 saturated heterocycles. The van der Waals surface area contributed by atoms with Crippen molar-refractivity contribution in [2.75, 3.05) is 5.32 Å². The van der Waals surface area contributed by atoms with E-state index in [2.05, 4.69) is 22.4 Å². The highest BCUT2D eigenvalue weighted by Gasteiger charge is 2.35. The van der Waals surface area contributed by atoms with Crippen LogP contribution in [0.1, 0.15) is 12.8 Å². The molecular weight excluding hydrogens is 320 g/mol. The number of para-hydroxylation sites is 2. The maximum absolute atomic E-state index is 9.56. The molecule has 0 spiro atoms. The molecule has 0 heterocycles. The summed E-state index contributed by atoms with van der Waals surface area (Å²) < 4.78 is 0. The Balaban J connectivity index is 1.86. The minimum absolute atomic E-state index is 0.374. The van der Waals surface area contributed by atoms with Gasteiger partial charge in [0.1, 0.15) is 0 Å². The fraction of sp³-hybridized carbons (Fsp3) is 0.136. The smallest absolute Gasteiger partial charge is 0.151 e. The average Bonchev–Trinajstić information content (AvgIpc) is 2.72. The van der Waals surface area contributed by atoms with E-state index >= 15 is 0 Å². The number of benzene rings is 2. The van der Waals surface area contributed by atoms with Gasteiger partial charge in [-0.15, -0.1) is 0 Å². The fourth-order valence-electron chi connectivity index (χ4n) is 2.84. The van der Waals surface area contributed by atoms with Crippen molar-refractivity contribution in [1.29, 1.82) is 10.5 Å². The summed E-state index contributed by atoms with van der Waals surface area (Å²) in [6, 6.07) is 23.8. The van der Waals surface area contributed by atoms with Gasteiger partial charge in [0.25, 0.3) is 0 Å². The molecule has 0 aromatic heterocycles. The van der Waals surface area contributed by atoms with Gasteiger partial charge in [0.15, 0.2) is 5.41 Å². The highest BCUT2D eigenvalue weighted by molar-refractivity contribution is 5.83. The van der Waals surface area contributed by atoms with Gasteiger partial charge in [-0.3, -0.25) is 4.99 Å². The molecule has 0 bridgehead atoms. The van der Waals surface area contributed by atoms with E-state index in [9.17, 15) is 10.5 Å². The Kier molecular flexibility index (Phi) is 5.27. The van der Waals surface area contributed by atoms with E-state index < -0.39 is 5.41 Å². The van der Waals surface area contributed by atoms with Gasteiger partial charge in [0.2, 0.25) is 0 Å². The third-order valence-electron chi connectivity index (χ3n) is 4.14. The van der Waals surface area contributed by atoms with Crippen LogP contribution in [0.5, 0.6) is 0 Å². The highest BCUT2D eigenvalue weighted by Crippen LogP contribution is 2.37. The standard InChI is InChI=1S/C22H18N4/c23-16-22(17-24)12-18(14-25-20-7-3-1-4-8-20)11-19(13-22)15-26-21-9-5-2-6-10-21/h1-11,14-15,25H,12-13H2/b18-14-,26-15?. The van der Waals surface area contributed by atoms with Crippen molar-refractivity contribution in [2.24, 2.45) is 10.4 Å². The van der Waals surface area contributed by atoms with E-state index in [-0.39, 0.29) is 0 Å². The highest BCUT2D eigenvalue weighted by atomic mass is 14.8. The van der Waals surface area contributed by atoms with Crippen molar-refractivity contribution in [3.63, 3.8) is 0 Å². The number of rotatable bonds is 4. The van der Waals surface area contributed by atoms with E-state index in [4.69, 9.17) is 0 Å². The predicted octanol–water partition coefficient (Wildman–Crippen LogP) is 5.14. The summed E-state index contributed by atoms with van der Waals surface area (Å²) in [7, 11) is 0. The van der Waals surface area contributed by atoms with Crippen molar-refractivity contribution in [3.8, 4) is 12.1 Å². The number of nitrogens with one attached hydrogen (secondary N) is 1. The zero-order chi connectivity index (χ0) is 18.2. The average molecular weight is 338 g/mol. The number of nitrogens with zero attached hydrogens (tertiary/aromatic N) is 3. The van der Waals surface area contributed by atoms with Gasteiger partial charge in [-0.1, -0.05) is 42.5 Å². The van der Waals surface area contributed by atoms with Crippen LogP contribution in [0, 0.1) is 28.1 Å². The monoisotopic (exact) mass is 338 g/mol. The number of anilines is 1. The zero-order valence-corrected chi connectivity index (χ0v) is 14.3. The lowest BCUT2D eigenvalue weighted by atomic mass is 9.74. The van der Waals surface area contributed by atoms with Gasteiger partial charge in [0, 0.05) is 30.9 Å².